The van der Waals surface area contributed by atoms with Crippen LogP contribution in [-0.4, -0.2) is 143 Å². The summed E-state index contributed by atoms with van der Waals surface area (Å²) in [5.41, 5.74) is 0. The lowest BCUT2D eigenvalue weighted by Crippen LogP contribution is -2.61. The molecule has 0 aromatic heterocycles. The van der Waals surface area contributed by atoms with Crippen molar-refractivity contribution < 1.29 is 76.3 Å². The Morgan fingerprint density at radius 2 is 1.65 bits per heavy atom. The van der Waals surface area contributed by atoms with Gasteiger partial charge >= 0.3 is 5.97 Å². The number of aliphatic hydroxyl groups excluding tert-OH is 3. The topological polar surface area (TPSA) is 285 Å². The number of imide groups is 1. The van der Waals surface area contributed by atoms with Gasteiger partial charge in [0.05, 0.1) is 13.2 Å². The van der Waals surface area contributed by atoms with Crippen molar-refractivity contribution in [1.82, 2.24) is 15.5 Å². The molecule has 1 fully saturated rings. The van der Waals surface area contributed by atoms with Crippen LogP contribution in [0.15, 0.2) is 36.4 Å². The number of carbonyl (C=O) groups excluding carboxylic acids is 4. The number of aliphatic carboxylic acids is 1. The van der Waals surface area contributed by atoms with E-state index in [0.717, 1.165) is 17.1 Å². The molecule has 2 aliphatic rings. The second-order valence-electron chi connectivity index (χ2n) is 9.86. The molecule has 46 heavy (non-hydrogen) atoms. The van der Waals surface area contributed by atoms with Gasteiger partial charge in [0.2, 0.25) is 18.1 Å². The van der Waals surface area contributed by atoms with Gasteiger partial charge in [-0.1, -0.05) is 6.07 Å². The van der Waals surface area contributed by atoms with E-state index in [0.29, 0.717) is 0 Å². The number of hydrogen-bond acceptors (Lipinski definition) is 14. The first kappa shape index (κ1) is 36.3. The van der Waals surface area contributed by atoms with E-state index in [1.807, 2.05) is 0 Å². The molecule has 0 bridgehead atoms. The molecule has 1 saturated heterocycles. The number of amides is 4. The van der Waals surface area contributed by atoms with Crippen molar-refractivity contribution in [1.29, 1.82) is 0 Å². The molecule has 1 aromatic carbocycles. The van der Waals surface area contributed by atoms with Crippen LogP contribution < -0.4 is 20.1 Å². The predicted octanol–water partition coefficient (Wildman–Crippen LogP) is -3.84. The third-order valence-electron chi connectivity index (χ3n) is 6.40. The molecular weight excluding hydrogens is 642 g/mol. The largest absolute Gasteiger partial charge is 0.491 e. The van der Waals surface area contributed by atoms with E-state index < -0.39 is 88.6 Å². The van der Waals surface area contributed by atoms with Crippen molar-refractivity contribution in [3.05, 3.63) is 36.4 Å². The van der Waals surface area contributed by atoms with Crippen molar-refractivity contribution in [3.63, 3.8) is 0 Å². The fourth-order valence-electron chi connectivity index (χ4n) is 4.14. The Labute approximate surface area is 261 Å². The molecule has 1 aromatic rings. The van der Waals surface area contributed by atoms with E-state index in [9.17, 15) is 52.3 Å². The van der Waals surface area contributed by atoms with Crippen molar-refractivity contribution >= 4 is 39.7 Å². The summed E-state index contributed by atoms with van der Waals surface area (Å²) in [6, 6.07) is 4.21. The molecule has 19 nitrogen and oxygen atoms in total. The molecular formula is C26H33N3O16S. The Kier molecular flexibility index (Phi) is 12.9. The van der Waals surface area contributed by atoms with Gasteiger partial charge in [-0.3, -0.25) is 28.6 Å². The smallest absolute Gasteiger partial charge is 0.335 e. The zero-order chi connectivity index (χ0) is 34.0. The molecule has 0 aliphatic carbocycles. The molecule has 3 rings (SSSR count). The van der Waals surface area contributed by atoms with Crippen LogP contribution in [0, 0.1) is 0 Å². The molecule has 7 N–H and O–H groups in total. The number of hydrogen-bond donors (Lipinski definition) is 7. The third-order valence-corrected chi connectivity index (χ3v) is 7.16. The minimum Gasteiger partial charge on any atom is -0.491 e. The highest BCUT2D eigenvalue weighted by Crippen LogP contribution is 2.26. The van der Waals surface area contributed by atoms with E-state index in [1.165, 1.54) is 18.2 Å². The molecule has 4 amide bonds. The molecule has 0 spiro atoms. The highest BCUT2D eigenvalue weighted by Gasteiger charge is 2.48. The number of benzene rings is 1. The zero-order valence-corrected chi connectivity index (χ0v) is 24.8. The fourth-order valence-corrected chi connectivity index (χ4v) is 4.79. The molecule has 0 unspecified atom stereocenters. The van der Waals surface area contributed by atoms with Crippen LogP contribution >= 0.6 is 0 Å². The van der Waals surface area contributed by atoms with Gasteiger partial charge in [-0.2, -0.15) is 8.42 Å². The van der Waals surface area contributed by atoms with Gasteiger partial charge in [0, 0.05) is 37.7 Å². The number of nitrogens with one attached hydrogen (secondary N) is 2. The third kappa shape index (κ3) is 10.7. The van der Waals surface area contributed by atoms with Crippen molar-refractivity contribution in [2.75, 3.05) is 38.7 Å². The van der Waals surface area contributed by atoms with Gasteiger partial charge in [0.25, 0.3) is 21.9 Å². The van der Waals surface area contributed by atoms with Crippen LogP contribution in [0.2, 0.25) is 0 Å². The number of carboxylic acids is 1. The summed E-state index contributed by atoms with van der Waals surface area (Å²) in [5, 5.41) is 43.5. The monoisotopic (exact) mass is 675 g/mol. The predicted molar refractivity (Wildman–Crippen MR) is 150 cm³/mol. The van der Waals surface area contributed by atoms with Crippen molar-refractivity contribution in [3.8, 4) is 11.5 Å². The maximum atomic E-state index is 12.5. The minimum absolute atomic E-state index is 0.00489. The van der Waals surface area contributed by atoms with E-state index >= 15 is 0 Å². The minimum atomic E-state index is -4.68. The summed E-state index contributed by atoms with van der Waals surface area (Å²) in [5.74, 6) is -5.36. The van der Waals surface area contributed by atoms with Crippen LogP contribution in [0.25, 0.3) is 0 Å². The Hall–Kier alpha value is -4.18. The summed E-state index contributed by atoms with van der Waals surface area (Å²) in [6.07, 6.45) is -7.26. The number of ether oxygens (including phenoxy) is 4. The van der Waals surface area contributed by atoms with Crippen molar-refractivity contribution in [2.45, 2.75) is 43.2 Å². The number of aliphatic hydroxyl groups is 3. The van der Waals surface area contributed by atoms with Crippen LogP contribution in [-0.2, 0) is 43.6 Å². The Morgan fingerprint density at radius 3 is 2.30 bits per heavy atom. The highest BCUT2D eigenvalue weighted by molar-refractivity contribution is 7.85. The zero-order valence-electron chi connectivity index (χ0n) is 24.0. The number of rotatable bonds is 17. The standard InChI is InChI=1S/C26H33N3O16S/c30-17(6-8-29-18(31)4-5-19(29)32)28-16(13-46(39,40)41)24(36)27-7-9-42-10-11-43-14-2-1-3-15(12-14)44-26-22(35)20(33)21(34)23(45-26)25(37)38/h1-5,12,16,20-23,26,33-35H,6-11,13H2,(H,27,36)(H,28,30)(H,37,38)(H,39,40,41)/t16-,20-,21-,22+,23-,26+/m0/s1. The molecule has 20 heteroatoms. The fraction of sp³-hybridized carbons (Fsp3) is 0.500. The number of carbonyl (C=O) groups is 5. The van der Waals surface area contributed by atoms with E-state index in [-0.39, 0.29) is 44.4 Å². The van der Waals surface area contributed by atoms with Gasteiger partial charge in [0.15, 0.2) is 6.10 Å². The quantitative estimate of drug-likeness (QED) is 0.0473. The summed E-state index contributed by atoms with van der Waals surface area (Å²) in [4.78, 5) is 59.9. The maximum absolute atomic E-state index is 12.5. The Balaban J connectivity index is 1.38. The average molecular weight is 676 g/mol. The highest BCUT2D eigenvalue weighted by atomic mass is 32.2. The molecule has 2 heterocycles. The second-order valence-corrected chi connectivity index (χ2v) is 11.4. The summed E-state index contributed by atoms with van der Waals surface area (Å²) < 4.78 is 53.3. The SMILES string of the molecule is O=C(CCN1C(=O)C=CC1=O)N[C@@H](CS(=O)(=O)O)C(=O)NCCOCCOc1cccc(O[C@@H]2O[C@H](C(=O)O)[C@@H](O)[C@H](O)[C@H]2O)c1. The Morgan fingerprint density at radius 1 is 0.978 bits per heavy atom. The normalized spacial score (nSPS) is 23.6. The van der Waals surface area contributed by atoms with Gasteiger partial charge in [-0.25, -0.2) is 4.79 Å². The lowest BCUT2D eigenvalue weighted by Gasteiger charge is -2.38. The maximum Gasteiger partial charge on any atom is 0.335 e. The van der Waals surface area contributed by atoms with Crippen LogP contribution in [0.5, 0.6) is 11.5 Å². The molecule has 0 saturated carbocycles. The Bertz CT molecular complexity index is 1400. The molecule has 254 valence electrons. The van der Waals surface area contributed by atoms with E-state index in [4.69, 9.17) is 24.1 Å². The first-order valence-electron chi connectivity index (χ1n) is 13.6. The first-order valence-corrected chi connectivity index (χ1v) is 15.2. The van der Waals surface area contributed by atoms with Crippen molar-refractivity contribution in [2.24, 2.45) is 0 Å². The second kappa shape index (κ2) is 16.4. The number of carboxylic acid groups (broad SMARTS) is 1. The van der Waals surface area contributed by atoms with Gasteiger partial charge in [0.1, 0.15) is 48.2 Å². The molecule has 0 radical (unpaired) electrons. The summed E-state index contributed by atoms with van der Waals surface area (Å²) in [6.45, 7) is -0.462. The lowest BCUT2D eigenvalue weighted by atomic mass is 9.99. The molecule has 6 atom stereocenters. The van der Waals surface area contributed by atoms with Crippen LogP contribution in [0.3, 0.4) is 0 Å². The summed E-state index contributed by atoms with van der Waals surface area (Å²) >= 11 is 0. The van der Waals surface area contributed by atoms with E-state index in [1.54, 1.807) is 6.07 Å². The summed E-state index contributed by atoms with van der Waals surface area (Å²) in [7, 11) is -4.68. The van der Waals surface area contributed by atoms with Crippen LogP contribution in [0.1, 0.15) is 6.42 Å². The average Bonchev–Trinajstić information content (AvgIpc) is 3.31. The van der Waals surface area contributed by atoms with Crippen LogP contribution in [0.4, 0.5) is 0 Å². The van der Waals surface area contributed by atoms with Gasteiger partial charge in [-0.15, -0.1) is 0 Å². The van der Waals surface area contributed by atoms with Gasteiger partial charge in [-0.05, 0) is 12.1 Å². The molecule has 2 aliphatic heterocycles. The lowest BCUT2D eigenvalue weighted by molar-refractivity contribution is -0.271. The van der Waals surface area contributed by atoms with Gasteiger partial charge < -0.3 is 50.0 Å². The number of nitrogens with zero attached hydrogens (tertiary/aromatic N) is 1. The first-order chi connectivity index (χ1) is 21.7. The van der Waals surface area contributed by atoms with E-state index in [2.05, 4.69) is 10.6 Å².